The van der Waals surface area contributed by atoms with Crippen LogP contribution in [0.25, 0.3) is 5.95 Å². The van der Waals surface area contributed by atoms with Crippen molar-refractivity contribution >= 4 is 17.7 Å². The number of aryl methyl sites for hydroxylation is 2. The quantitative estimate of drug-likeness (QED) is 0.603. The highest BCUT2D eigenvalue weighted by Crippen LogP contribution is 2.17. The number of hydrogen-bond donors (Lipinski definition) is 2. The summed E-state index contributed by atoms with van der Waals surface area (Å²) < 4.78 is 2.98. The molecular weight excluding hydrogens is 314 g/mol. The standard InChI is InChI=1S/C14H23N7OS/c1-8(2)11(5)16-12(22)7-23-14-18-17-13(20(14)15)21-10(4)6-9(3)19-21/h6,8,11H,7,15H2,1-5H3,(H,16,22)/t11-/m1/s1. The Bertz CT molecular complexity index is 691. The van der Waals surface area contributed by atoms with Gasteiger partial charge in [-0.1, -0.05) is 25.6 Å². The second-order valence-corrected chi connectivity index (χ2v) is 6.82. The van der Waals surface area contributed by atoms with E-state index in [4.69, 9.17) is 5.84 Å². The fraction of sp³-hybridized carbons (Fsp3) is 0.571. The molecule has 8 nitrogen and oxygen atoms in total. The van der Waals surface area contributed by atoms with E-state index in [-0.39, 0.29) is 17.7 Å². The van der Waals surface area contributed by atoms with Crippen molar-refractivity contribution in [1.29, 1.82) is 0 Å². The Hall–Kier alpha value is -2.03. The molecule has 0 spiro atoms. The van der Waals surface area contributed by atoms with Gasteiger partial charge in [-0.05, 0) is 32.8 Å². The fourth-order valence-electron chi connectivity index (χ4n) is 1.94. The maximum atomic E-state index is 11.9. The predicted molar refractivity (Wildman–Crippen MR) is 89.9 cm³/mol. The van der Waals surface area contributed by atoms with Crippen LogP contribution in [0.1, 0.15) is 32.2 Å². The van der Waals surface area contributed by atoms with Gasteiger partial charge in [-0.3, -0.25) is 4.79 Å². The molecule has 1 atom stereocenters. The molecule has 2 aromatic rings. The summed E-state index contributed by atoms with van der Waals surface area (Å²) in [7, 11) is 0. The van der Waals surface area contributed by atoms with E-state index in [0.29, 0.717) is 17.0 Å². The highest BCUT2D eigenvalue weighted by Gasteiger charge is 2.17. The Morgan fingerprint density at radius 1 is 1.35 bits per heavy atom. The lowest BCUT2D eigenvalue weighted by Crippen LogP contribution is -2.37. The number of thioether (sulfide) groups is 1. The van der Waals surface area contributed by atoms with Crippen molar-refractivity contribution in [2.45, 2.75) is 45.8 Å². The summed E-state index contributed by atoms with van der Waals surface area (Å²) in [5.74, 6) is 7.03. The third kappa shape index (κ3) is 4.04. The topological polar surface area (TPSA) is 104 Å². The molecule has 126 valence electrons. The maximum Gasteiger partial charge on any atom is 0.271 e. The van der Waals surface area contributed by atoms with Gasteiger partial charge in [-0.2, -0.15) is 5.10 Å². The molecule has 0 aliphatic heterocycles. The second-order valence-electron chi connectivity index (χ2n) is 5.88. The molecule has 3 N–H and O–H groups in total. The van der Waals surface area contributed by atoms with E-state index in [1.165, 1.54) is 16.4 Å². The molecule has 0 aliphatic carbocycles. The number of aromatic nitrogens is 5. The largest absolute Gasteiger partial charge is 0.353 e. The van der Waals surface area contributed by atoms with Gasteiger partial charge in [0.1, 0.15) is 0 Å². The van der Waals surface area contributed by atoms with Gasteiger partial charge in [-0.15, -0.1) is 10.2 Å². The minimum absolute atomic E-state index is 0.0492. The van der Waals surface area contributed by atoms with E-state index < -0.39 is 0 Å². The van der Waals surface area contributed by atoms with E-state index in [9.17, 15) is 4.79 Å². The smallest absolute Gasteiger partial charge is 0.271 e. The summed E-state index contributed by atoms with van der Waals surface area (Å²) in [4.78, 5) is 11.9. The molecule has 2 heterocycles. The van der Waals surface area contributed by atoms with Crippen molar-refractivity contribution in [1.82, 2.24) is 30.0 Å². The lowest BCUT2D eigenvalue weighted by molar-refractivity contribution is -0.119. The number of carbonyl (C=O) groups is 1. The van der Waals surface area contributed by atoms with E-state index in [1.807, 2.05) is 26.8 Å². The Morgan fingerprint density at radius 3 is 2.61 bits per heavy atom. The number of rotatable bonds is 6. The number of nitrogens with one attached hydrogen (secondary N) is 1. The number of hydrogen-bond acceptors (Lipinski definition) is 6. The highest BCUT2D eigenvalue weighted by molar-refractivity contribution is 7.99. The van der Waals surface area contributed by atoms with Crippen molar-refractivity contribution in [3.05, 3.63) is 17.5 Å². The molecule has 0 saturated heterocycles. The first-order valence-electron chi connectivity index (χ1n) is 7.46. The first-order chi connectivity index (χ1) is 10.8. The summed E-state index contributed by atoms with van der Waals surface area (Å²) in [6.07, 6.45) is 0. The Kier molecular flexibility index (Phi) is 5.30. The second kappa shape index (κ2) is 7.03. The monoisotopic (exact) mass is 337 g/mol. The van der Waals surface area contributed by atoms with Crippen LogP contribution in [0.5, 0.6) is 0 Å². The van der Waals surface area contributed by atoms with Crippen LogP contribution >= 0.6 is 11.8 Å². The summed E-state index contributed by atoms with van der Waals surface area (Å²) in [6.45, 7) is 9.93. The molecule has 0 aliphatic rings. The van der Waals surface area contributed by atoms with Gasteiger partial charge < -0.3 is 11.2 Å². The molecule has 0 aromatic carbocycles. The normalized spacial score (nSPS) is 12.6. The summed E-state index contributed by atoms with van der Waals surface area (Å²) in [5.41, 5.74) is 1.79. The highest BCUT2D eigenvalue weighted by atomic mass is 32.2. The lowest BCUT2D eigenvalue weighted by Gasteiger charge is -2.16. The van der Waals surface area contributed by atoms with Gasteiger partial charge in [0.05, 0.1) is 11.4 Å². The van der Waals surface area contributed by atoms with E-state index in [2.05, 4.69) is 34.5 Å². The molecule has 23 heavy (non-hydrogen) atoms. The molecular formula is C14H23N7OS. The van der Waals surface area contributed by atoms with Crippen molar-refractivity contribution in [3.8, 4) is 5.95 Å². The zero-order valence-electron chi connectivity index (χ0n) is 14.1. The van der Waals surface area contributed by atoms with E-state index >= 15 is 0 Å². The molecule has 0 fully saturated rings. The van der Waals surface area contributed by atoms with Crippen LogP contribution in [0, 0.1) is 19.8 Å². The van der Waals surface area contributed by atoms with Gasteiger partial charge >= 0.3 is 0 Å². The molecule has 2 rings (SSSR count). The van der Waals surface area contributed by atoms with Gasteiger partial charge in [0.15, 0.2) is 0 Å². The molecule has 1 amide bonds. The Labute approximate surface area is 139 Å². The maximum absolute atomic E-state index is 11.9. The van der Waals surface area contributed by atoms with Crippen LogP contribution in [-0.4, -0.2) is 42.4 Å². The zero-order valence-corrected chi connectivity index (χ0v) is 14.9. The molecule has 2 aromatic heterocycles. The summed E-state index contributed by atoms with van der Waals surface area (Å²) in [6, 6.07) is 2.06. The van der Waals surface area contributed by atoms with Gasteiger partial charge in [0.2, 0.25) is 11.1 Å². The molecule has 9 heteroatoms. The average Bonchev–Trinajstić information content (AvgIpc) is 2.98. The minimum Gasteiger partial charge on any atom is -0.353 e. The average molecular weight is 337 g/mol. The lowest BCUT2D eigenvalue weighted by atomic mass is 10.1. The van der Waals surface area contributed by atoms with Crippen LogP contribution in [0.3, 0.4) is 0 Å². The summed E-state index contributed by atoms with van der Waals surface area (Å²) in [5, 5.41) is 15.9. The van der Waals surface area contributed by atoms with Crippen LogP contribution in [-0.2, 0) is 4.79 Å². The third-order valence-electron chi connectivity index (χ3n) is 3.57. The third-order valence-corrected chi connectivity index (χ3v) is 4.51. The first-order valence-corrected chi connectivity index (χ1v) is 8.44. The predicted octanol–water partition coefficient (Wildman–Crippen LogP) is 1.05. The molecule has 0 saturated carbocycles. The van der Waals surface area contributed by atoms with Crippen molar-refractivity contribution in [2.24, 2.45) is 5.92 Å². The number of amides is 1. The van der Waals surface area contributed by atoms with Gasteiger partial charge in [-0.25, -0.2) is 9.36 Å². The first kappa shape index (κ1) is 17.3. The molecule has 0 radical (unpaired) electrons. The van der Waals surface area contributed by atoms with Gasteiger partial charge in [0, 0.05) is 11.7 Å². The zero-order chi connectivity index (χ0) is 17.1. The number of nitrogens with two attached hydrogens (primary N) is 1. The minimum atomic E-state index is -0.0492. The van der Waals surface area contributed by atoms with Crippen LogP contribution < -0.4 is 11.2 Å². The Morgan fingerprint density at radius 2 is 2.04 bits per heavy atom. The van der Waals surface area contributed by atoms with Crippen molar-refractivity contribution < 1.29 is 4.79 Å². The number of nitrogens with zero attached hydrogens (tertiary/aromatic N) is 5. The molecule has 0 bridgehead atoms. The van der Waals surface area contributed by atoms with Crippen molar-refractivity contribution in [3.63, 3.8) is 0 Å². The van der Waals surface area contributed by atoms with Crippen LogP contribution in [0.15, 0.2) is 11.2 Å². The van der Waals surface area contributed by atoms with Gasteiger partial charge in [0.25, 0.3) is 5.95 Å². The van der Waals surface area contributed by atoms with Crippen LogP contribution in [0.2, 0.25) is 0 Å². The number of carbonyl (C=O) groups excluding carboxylic acids is 1. The Balaban J connectivity index is 2.03. The SMILES string of the molecule is Cc1cc(C)n(-c2nnc(SCC(=O)N[C@H](C)C(C)C)n2N)n1. The molecule has 0 unspecified atom stereocenters. The van der Waals surface area contributed by atoms with Crippen LogP contribution in [0.4, 0.5) is 0 Å². The van der Waals surface area contributed by atoms with Crippen molar-refractivity contribution in [2.75, 3.05) is 11.6 Å². The number of nitrogen functional groups attached to an aromatic ring is 1. The van der Waals surface area contributed by atoms with E-state index in [0.717, 1.165) is 11.4 Å². The van der Waals surface area contributed by atoms with E-state index in [1.54, 1.807) is 4.68 Å². The summed E-state index contributed by atoms with van der Waals surface area (Å²) >= 11 is 1.25. The fourth-order valence-corrected chi connectivity index (χ4v) is 2.60.